The minimum absolute atomic E-state index is 0.186. The molecule has 0 aliphatic rings. The van der Waals surface area contributed by atoms with Gasteiger partial charge in [0, 0.05) is 23.9 Å². The summed E-state index contributed by atoms with van der Waals surface area (Å²) in [6, 6.07) is 9.20. The predicted octanol–water partition coefficient (Wildman–Crippen LogP) is 1.98. The lowest BCUT2D eigenvalue weighted by atomic mass is 10.1. The van der Waals surface area contributed by atoms with E-state index in [9.17, 15) is 9.90 Å². The molecule has 0 aliphatic carbocycles. The first-order valence-corrected chi connectivity index (χ1v) is 7.13. The molecule has 0 amide bonds. The molecular formula is C17H22N2O3. The first-order valence-electron chi connectivity index (χ1n) is 7.13. The summed E-state index contributed by atoms with van der Waals surface area (Å²) in [5, 5.41) is 10.2. The Labute approximate surface area is 130 Å². The van der Waals surface area contributed by atoms with Gasteiger partial charge in [0.05, 0.1) is 19.3 Å². The highest BCUT2D eigenvalue weighted by atomic mass is 16.5. The molecule has 0 aliphatic heterocycles. The summed E-state index contributed by atoms with van der Waals surface area (Å²) in [4.78, 5) is 13.8. The van der Waals surface area contributed by atoms with Crippen LogP contribution >= 0.6 is 0 Å². The highest BCUT2D eigenvalue weighted by molar-refractivity contribution is 5.36. The smallest absolute Gasteiger partial charge is 0.223 e. The molecule has 0 radical (unpaired) electrons. The van der Waals surface area contributed by atoms with E-state index in [1.807, 2.05) is 54.8 Å². The lowest BCUT2D eigenvalue weighted by Gasteiger charge is -2.21. The Bertz CT molecular complexity index is 720. The van der Waals surface area contributed by atoms with Gasteiger partial charge in [-0.1, -0.05) is 18.2 Å². The van der Waals surface area contributed by atoms with Crippen LogP contribution < -0.4 is 10.2 Å². The summed E-state index contributed by atoms with van der Waals surface area (Å²) in [7, 11) is 5.44. The van der Waals surface area contributed by atoms with Crippen molar-refractivity contribution in [3.63, 3.8) is 0 Å². The molecule has 2 rings (SSSR count). The summed E-state index contributed by atoms with van der Waals surface area (Å²) in [5.41, 5.74) is 2.08. The Hall–Kier alpha value is -2.27. The molecule has 0 unspecified atom stereocenters. The Balaban J connectivity index is 2.54. The molecule has 1 aromatic heterocycles. The van der Waals surface area contributed by atoms with Gasteiger partial charge in [0.25, 0.3) is 0 Å². The summed E-state index contributed by atoms with van der Waals surface area (Å²) in [6.45, 7) is 2.89. The van der Waals surface area contributed by atoms with Crippen LogP contribution in [0, 0.1) is 6.92 Å². The SMILES string of the molecule is COc1ccccc1Cn1c(C)cc(=O)c(O)c1CN(C)C. The fraction of sp³-hybridized carbons (Fsp3) is 0.353. The van der Waals surface area contributed by atoms with Crippen molar-refractivity contribution in [2.45, 2.75) is 20.0 Å². The van der Waals surface area contributed by atoms with E-state index in [1.54, 1.807) is 7.11 Å². The molecule has 0 saturated heterocycles. The average molecular weight is 302 g/mol. The number of aryl methyl sites for hydroxylation is 1. The maximum Gasteiger partial charge on any atom is 0.223 e. The van der Waals surface area contributed by atoms with E-state index in [4.69, 9.17) is 4.74 Å². The van der Waals surface area contributed by atoms with Gasteiger partial charge in [-0.25, -0.2) is 0 Å². The van der Waals surface area contributed by atoms with Crippen molar-refractivity contribution in [2.75, 3.05) is 21.2 Å². The number of nitrogens with zero attached hydrogens (tertiary/aromatic N) is 2. The molecule has 0 fully saturated rings. The second-order valence-electron chi connectivity index (χ2n) is 5.58. The van der Waals surface area contributed by atoms with Crippen molar-refractivity contribution in [3.8, 4) is 11.5 Å². The molecule has 0 bridgehead atoms. The molecule has 0 spiro atoms. The topological polar surface area (TPSA) is 54.7 Å². The predicted molar refractivity (Wildman–Crippen MR) is 86.6 cm³/mol. The van der Waals surface area contributed by atoms with Gasteiger partial charge in [-0.15, -0.1) is 0 Å². The van der Waals surface area contributed by atoms with Crippen LogP contribution in [0.5, 0.6) is 11.5 Å². The molecule has 118 valence electrons. The van der Waals surface area contributed by atoms with Gasteiger partial charge in [-0.05, 0) is 27.1 Å². The zero-order valence-electron chi connectivity index (χ0n) is 13.5. The largest absolute Gasteiger partial charge is 0.503 e. The van der Waals surface area contributed by atoms with E-state index >= 15 is 0 Å². The molecule has 0 atom stereocenters. The molecule has 0 saturated carbocycles. The van der Waals surface area contributed by atoms with Crippen molar-refractivity contribution >= 4 is 0 Å². The third kappa shape index (κ3) is 3.31. The van der Waals surface area contributed by atoms with Crippen LogP contribution in [0.4, 0.5) is 0 Å². The number of methoxy groups -OCH3 is 1. The van der Waals surface area contributed by atoms with Crippen LogP contribution in [0.3, 0.4) is 0 Å². The second-order valence-corrected chi connectivity index (χ2v) is 5.58. The van der Waals surface area contributed by atoms with Crippen LogP contribution in [-0.2, 0) is 13.1 Å². The molecule has 1 N–H and O–H groups in total. The molecule has 1 heterocycles. The monoisotopic (exact) mass is 302 g/mol. The number of hydrogen-bond acceptors (Lipinski definition) is 4. The highest BCUT2D eigenvalue weighted by Gasteiger charge is 2.15. The molecule has 5 heteroatoms. The number of hydrogen-bond donors (Lipinski definition) is 1. The fourth-order valence-corrected chi connectivity index (χ4v) is 2.50. The minimum Gasteiger partial charge on any atom is -0.503 e. The summed E-state index contributed by atoms with van der Waals surface area (Å²) in [5.74, 6) is 0.602. The second kappa shape index (κ2) is 6.66. The molecule has 22 heavy (non-hydrogen) atoms. The first kappa shape index (κ1) is 16.1. The minimum atomic E-state index is -0.342. The van der Waals surface area contributed by atoms with Gasteiger partial charge in [-0.2, -0.15) is 0 Å². The Morgan fingerprint density at radius 1 is 1.27 bits per heavy atom. The third-order valence-corrected chi connectivity index (χ3v) is 3.59. The van der Waals surface area contributed by atoms with Crippen molar-refractivity contribution in [1.82, 2.24) is 9.47 Å². The van der Waals surface area contributed by atoms with E-state index in [1.165, 1.54) is 6.07 Å². The van der Waals surface area contributed by atoms with Crippen LogP contribution in [0.15, 0.2) is 35.1 Å². The van der Waals surface area contributed by atoms with Crippen molar-refractivity contribution in [3.05, 3.63) is 57.5 Å². The standard InChI is InChI=1S/C17H22N2O3/c1-12-9-15(20)17(21)14(11-18(2)3)19(12)10-13-7-5-6-8-16(13)22-4/h5-9,21H,10-11H2,1-4H3. The third-order valence-electron chi connectivity index (χ3n) is 3.59. The van der Waals surface area contributed by atoms with Crippen LogP contribution in [0.1, 0.15) is 17.0 Å². The van der Waals surface area contributed by atoms with Gasteiger partial charge in [0.1, 0.15) is 5.75 Å². The Morgan fingerprint density at radius 3 is 2.59 bits per heavy atom. The Kier molecular flexibility index (Phi) is 4.88. The van der Waals surface area contributed by atoms with Crippen molar-refractivity contribution in [1.29, 1.82) is 0 Å². The number of aromatic hydroxyl groups is 1. The number of ether oxygens (including phenoxy) is 1. The van der Waals surface area contributed by atoms with Gasteiger partial charge >= 0.3 is 0 Å². The van der Waals surface area contributed by atoms with E-state index in [0.717, 1.165) is 17.0 Å². The van der Waals surface area contributed by atoms with Gasteiger partial charge in [-0.3, -0.25) is 4.79 Å². The zero-order valence-corrected chi connectivity index (χ0v) is 13.5. The summed E-state index contributed by atoms with van der Waals surface area (Å²) in [6.07, 6.45) is 0. The maximum absolute atomic E-state index is 11.9. The maximum atomic E-state index is 11.9. The van der Waals surface area contributed by atoms with Crippen LogP contribution in [0.2, 0.25) is 0 Å². The summed E-state index contributed by atoms with van der Waals surface area (Å²) < 4.78 is 7.34. The zero-order chi connectivity index (χ0) is 16.3. The highest BCUT2D eigenvalue weighted by Crippen LogP contribution is 2.22. The van der Waals surface area contributed by atoms with E-state index in [0.29, 0.717) is 18.8 Å². The van der Waals surface area contributed by atoms with E-state index in [2.05, 4.69) is 0 Å². The van der Waals surface area contributed by atoms with Gasteiger partial charge in [0.2, 0.25) is 5.43 Å². The Morgan fingerprint density at radius 2 is 1.95 bits per heavy atom. The number of para-hydroxylation sites is 1. The van der Waals surface area contributed by atoms with Gasteiger partial charge < -0.3 is 19.3 Å². The molecule has 1 aromatic carbocycles. The lowest BCUT2D eigenvalue weighted by molar-refractivity contribution is 0.363. The summed E-state index contributed by atoms with van der Waals surface area (Å²) >= 11 is 0. The number of pyridine rings is 1. The van der Waals surface area contributed by atoms with Crippen molar-refractivity contribution < 1.29 is 9.84 Å². The number of benzene rings is 1. The molecule has 2 aromatic rings. The van der Waals surface area contributed by atoms with E-state index < -0.39 is 0 Å². The quantitative estimate of drug-likeness (QED) is 0.917. The number of aromatic nitrogens is 1. The molecule has 5 nitrogen and oxygen atoms in total. The van der Waals surface area contributed by atoms with Gasteiger partial charge in [0.15, 0.2) is 5.75 Å². The lowest BCUT2D eigenvalue weighted by Crippen LogP contribution is -2.22. The normalized spacial score (nSPS) is 11.0. The number of rotatable bonds is 5. The molecular weight excluding hydrogens is 280 g/mol. The first-order chi connectivity index (χ1) is 10.4. The fourth-order valence-electron chi connectivity index (χ4n) is 2.50. The van der Waals surface area contributed by atoms with Crippen LogP contribution in [-0.4, -0.2) is 35.8 Å². The van der Waals surface area contributed by atoms with E-state index in [-0.39, 0.29) is 11.2 Å². The van der Waals surface area contributed by atoms with Crippen LogP contribution in [0.25, 0.3) is 0 Å². The average Bonchev–Trinajstić information content (AvgIpc) is 2.48. The van der Waals surface area contributed by atoms with Crippen molar-refractivity contribution in [2.24, 2.45) is 0 Å².